The minimum atomic E-state index is -1.25. The van der Waals surface area contributed by atoms with Crippen LogP contribution in [-0.4, -0.2) is 17.2 Å². The number of nitrogens with zero attached hydrogens (tertiary/aromatic N) is 1. The van der Waals surface area contributed by atoms with Gasteiger partial charge in [-0.05, 0) is 43.4 Å². The van der Waals surface area contributed by atoms with Gasteiger partial charge in [0, 0.05) is 16.8 Å². The number of halogens is 1. The Bertz CT molecular complexity index is 963. The standard InChI is InChI=1S/C22H23ClN2O6/c1-13-19(30-22(26)21(31-25(27)28)14-5-3-2-4-6-14)18-12-29-20(17(18)11-24-13)15-7-9-16(23)10-8-15/h7-12,14,20-21,24H,2-6H2,1H3/t20-,21-/m0/s1. The fraction of sp³-hybridized carbons (Fsp3) is 0.409. The molecule has 8 nitrogen and oxygen atoms in total. The number of hydrogen-bond donors (Lipinski definition) is 1. The van der Waals surface area contributed by atoms with Crippen LogP contribution in [-0.2, 0) is 19.1 Å². The van der Waals surface area contributed by atoms with Gasteiger partial charge in [0.15, 0.2) is 11.9 Å². The van der Waals surface area contributed by atoms with E-state index < -0.39 is 17.2 Å². The first kappa shape index (κ1) is 21.2. The number of fused-ring (bicyclic) bond motifs is 1. The number of esters is 1. The molecule has 4 rings (SSSR count). The fourth-order valence-corrected chi connectivity index (χ4v) is 4.37. The molecule has 0 bridgehead atoms. The molecular formula is C22H23ClN2O6. The van der Waals surface area contributed by atoms with Gasteiger partial charge in [-0.1, -0.05) is 43.0 Å². The second-order valence-corrected chi connectivity index (χ2v) is 8.30. The normalized spacial score (nSPS) is 21.8. The quantitative estimate of drug-likeness (QED) is 0.383. The predicted molar refractivity (Wildman–Crippen MR) is 112 cm³/mol. The van der Waals surface area contributed by atoms with Gasteiger partial charge < -0.3 is 14.8 Å². The summed E-state index contributed by atoms with van der Waals surface area (Å²) in [4.78, 5) is 28.7. The lowest BCUT2D eigenvalue weighted by molar-refractivity contribution is -0.766. The maximum absolute atomic E-state index is 13.0. The molecule has 3 aliphatic rings. The highest BCUT2D eigenvalue weighted by molar-refractivity contribution is 6.30. The SMILES string of the molecule is CC1=C(OC(=O)[C@@H](O[N+](=O)[O-])C2CCCCC2)C2=CO[C@@H](c3ccc(Cl)cc3)C2=CN1. The summed E-state index contributed by atoms with van der Waals surface area (Å²) in [6, 6.07) is 7.29. The number of carbonyl (C=O) groups is 1. The Morgan fingerprint density at radius 3 is 2.65 bits per heavy atom. The molecule has 1 fully saturated rings. The zero-order valence-corrected chi connectivity index (χ0v) is 17.8. The molecule has 1 aliphatic carbocycles. The van der Waals surface area contributed by atoms with Crippen LogP contribution >= 0.6 is 11.6 Å². The van der Waals surface area contributed by atoms with Crippen molar-refractivity contribution in [3.05, 3.63) is 80.0 Å². The minimum Gasteiger partial charge on any atom is -0.488 e. The second-order valence-electron chi connectivity index (χ2n) is 7.87. The van der Waals surface area contributed by atoms with Crippen LogP contribution in [0.1, 0.15) is 50.7 Å². The van der Waals surface area contributed by atoms with Gasteiger partial charge in [-0.2, -0.15) is 0 Å². The van der Waals surface area contributed by atoms with Crippen LogP contribution in [0.15, 0.2) is 59.3 Å². The highest BCUT2D eigenvalue weighted by Crippen LogP contribution is 2.43. The largest absolute Gasteiger partial charge is 0.488 e. The summed E-state index contributed by atoms with van der Waals surface area (Å²) < 4.78 is 11.5. The predicted octanol–water partition coefficient (Wildman–Crippen LogP) is 4.71. The monoisotopic (exact) mass is 446 g/mol. The van der Waals surface area contributed by atoms with Crippen molar-refractivity contribution in [1.82, 2.24) is 5.32 Å². The molecule has 2 aliphatic heterocycles. The molecule has 0 spiro atoms. The van der Waals surface area contributed by atoms with E-state index in [9.17, 15) is 14.9 Å². The molecule has 1 N–H and O–H groups in total. The molecule has 31 heavy (non-hydrogen) atoms. The van der Waals surface area contributed by atoms with Gasteiger partial charge in [-0.3, -0.25) is 4.84 Å². The van der Waals surface area contributed by atoms with E-state index in [2.05, 4.69) is 5.32 Å². The molecule has 1 aromatic rings. The lowest BCUT2D eigenvalue weighted by Crippen LogP contribution is -2.37. The van der Waals surface area contributed by atoms with Crippen LogP contribution in [0.3, 0.4) is 0 Å². The summed E-state index contributed by atoms with van der Waals surface area (Å²) in [7, 11) is 0. The van der Waals surface area contributed by atoms with E-state index in [1.807, 2.05) is 12.1 Å². The first-order valence-corrected chi connectivity index (χ1v) is 10.6. The van der Waals surface area contributed by atoms with E-state index in [-0.39, 0.29) is 17.8 Å². The summed E-state index contributed by atoms with van der Waals surface area (Å²) in [5, 5.41) is 13.8. The number of hydrogen-bond acceptors (Lipinski definition) is 7. The van der Waals surface area contributed by atoms with E-state index in [1.54, 1.807) is 31.5 Å². The Labute approximate surface area is 184 Å². The number of dihydropyridines is 1. The Morgan fingerprint density at radius 2 is 1.97 bits per heavy atom. The van der Waals surface area contributed by atoms with Crippen molar-refractivity contribution in [1.29, 1.82) is 0 Å². The molecule has 0 radical (unpaired) electrons. The maximum Gasteiger partial charge on any atom is 0.341 e. The summed E-state index contributed by atoms with van der Waals surface area (Å²) >= 11 is 5.98. The lowest BCUT2D eigenvalue weighted by atomic mass is 9.85. The average molecular weight is 447 g/mol. The first-order chi connectivity index (χ1) is 14.9. The van der Waals surface area contributed by atoms with Crippen LogP contribution in [0.4, 0.5) is 0 Å². The molecule has 0 saturated heterocycles. The zero-order chi connectivity index (χ0) is 22.0. The van der Waals surface area contributed by atoms with Gasteiger partial charge >= 0.3 is 5.97 Å². The molecule has 0 unspecified atom stereocenters. The topological polar surface area (TPSA) is 99.9 Å². The molecule has 0 amide bonds. The number of ether oxygens (including phenoxy) is 2. The Hall–Kier alpha value is -3.00. The number of carbonyl (C=O) groups excluding carboxylic acids is 1. The van der Waals surface area contributed by atoms with Crippen LogP contribution in [0.5, 0.6) is 0 Å². The number of nitrogens with one attached hydrogen (secondary N) is 1. The molecule has 164 valence electrons. The zero-order valence-electron chi connectivity index (χ0n) is 17.0. The van der Waals surface area contributed by atoms with Crippen molar-refractivity contribution < 1.29 is 24.2 Å². The van der Waals surface area contributed by atoms with E-state index in [0.29, 0.717) is 29.1 Å². The van der Waals surface area contributed by atoms with Crippen molar-refractivity contribution in [3.8, 4) is 0 Å². The van der Waals surface area contributed by atoms with E-state index in [4.69, 9.17) is 25.9 Å². The van der Waals surface area contributed by atoms with Crippen molar-refractivity contribution in [2.75, 3.05) is 0 Å². The highest BCUT2D eigenvalue weighted by atomic mass is 35.5. The molecule has 2 atom stereocenters. The summed E-state index contributed by atoms with van der Waals surface area (Å²) in [5.41, 5.74) is 2.91. The number of benzene rings is 1. The Balaban J connectivity index is 1.52. The summed E-state index contributed by atoms with van der Waals surface area (Å²) in [6.07, 6.45) is 5.97. The third-order valence-electron chi connectivity index (χ3n) is 5.83. The summed E-state index contributed by atoms with van der Waals surface area (Å²) in [5.74, 6) is -0.724. The smallest absolute Gasteiger partial charge is 0.341 e. The van der Waals surface area contributed by atoms with Crippen LogP contribution in [0, 0.1) is 16.0 Å². The molecule has 1 saturated carbocycles. The van der Waals surface area contributed by atoms with E-state index >= 15 is 0 Å². The van der Waals surface area contributed by atoms with E-state index in [1.165, 1.54) is 0 Å². The van der Waals surface area contributed by atoms with Crippen LogP contribution < -0.4 is 5.32 Å². The molecule has 0 aromatic heterocycles. The number of rotatable bonds is 6. The molecule has 9 heteroatoms. The third-order valence-corrected chi connectivity index (χ3v) is 6.08. The first-order valence-electron chi connectivity index (χ1n) is 10.3. The van der Waals surface area contributed by atoms with Crippen molar-refractivity contribution in [2.45, 2.75) is 51.2 Å². The second kappa shape index (κ2) is 9.01. The van der Waals surface area contributed by atoms with Crippen LogP contribution in [0.25, 0.3) is 0 Å². The van der Waals surface area contributed by atoms with Gasteiger partial charge in [0.05, 0.1) is 17.5 Å². The average Bonchev–Trinajstić information content (AvgIpc) is 3.19. The lowest BCUT2D eigenvalue weighted by Gasteiger charge is -2.28. The third kappa shape index (κ3) is 4.54. The summed E-state index contributed by atoms with van der Waals surface area (Å²) in [6.45, 7) is 1.76. The van der Waals surface area contributed by atoms with Gasteiger partial charge in [0.1, 0.15) is 0 Å². The van der Waals surface area contributed by atoms with Gasteiger partial charge in [-0.15, -0.1) is 10.1 Å². The maximum atomic E-state index is 13.0. The Morgan fingerprint density at radius 1 is 1.26 bits per heavy atom. The van der Waals surface area contributed by atoms with Gasteiger partial charge in [-0.25, -0.2) is 4.79 Å². The van der Waals surface area contributed by atoms with Crippen molar-refractivity contribution in [2.24, 2.45) is 5.92 Å². The number of allylic oxidation sites excluding steroid dienone is 2. The fourth-order valence-electron chi connectivity index (χ4n) is 4.25. The van der Waals surface area contributed by atoms with Gasteiger partial charge in [0.25, 0.3) is 5.09 Å². The van der Waals surface area contributed by atoms with Crippen LogP contribution in [0.2, 0.25) is 5.02 Å². The molecule has 1 aromatic carbocycles. The highest BCUT2D eigenvalue weighted by Gasteiger charge is 2.38. The molecular weight excluding hydrogens is 424 g/mol. The van der Waals surface area contributed by atoms with Gasteiger partial charge in [0.2, 0.25) is 6.10 Å². The van der Waals surface area contributed by atoms with E-state index in [0.717, 1.165) is 30.4 Å². The van der Waals surface area contributed by atoms with Crippen molar-refractivity contribution in [3.63, 3.8) is 0 Å². The van der Waals surface area contributed by atoms with Crippen molar-refractivity contribution >= 4 is 17.6 Å². The Kier molecular flexibility index (Phi) is 6.18. The molecule has 2 heterocycles. The minimum absolute atomic E-state index is 0.241.